The van der Waals surface area contributed by atoms with E-state index < -0.39 is 0 Å². The molecule has 1 aromatic carbocycles. The molecule has 0 fully saturated rings. The van der Waals surface area contributed by atoms with Gasteiger partial charge in [0, 0.05) is 17.7 Å². The van der Waals surface area contributed by atoms with Crippen LogP contribution in [0, 0.1) is 0 Å². The minimum atomic E-state index is 0.00528. The summed E-state index contributed by atoms with van der Waals surface area (Å²) in [6.07, 6.45) is 0.952. The Bertz CT molecular complexity index is 432. The van der Waals surface area contributed by atoms with Crippen LogP contribution >= 0.6 is 8.20 Å². The Morgan fingerprint density at radius 2 is 1.68 bits per heavy atom. The summed E-state index contributed by atoms with van der Waals surface area (Å²) in [6.45, 7) is 4.11. The van der Waals surface area contributed by atoms with Gasteiger partial charge in [-0.3, -0.25) is 0 Å². The first-order valence-corrected chi connectivity index (χ1v) is 7.08. The van der Waals surface area contributed by atoms with Crippen LogP contribution in [0.5, 0.6) is 17.2 Å². The summed E-state index contributed by atoms with van der Waals surface area (Å²) in [5.41, 5.74) is 0.794. The normalized spacial score (nSPS) is 13.1. The molecule has 5 heteroatoms. The molecule has 0 amide bonds. The average molecular weight is 283 g/mol. The van der Waals surface area contributed by atoms with Crippen molar-refractivity contribution in [2.24, 2.45) is 0 Å². The number of benzene rings is 1. The highest BCUT2D eigenvalue weighted by Crippen LogP contribution is 2.35. The van der Waals surface area contributed by atoms with E-state index in [0.29, 0.717) is 28.5 Å². The van der Waals surface area contributed by atoms with Crippen LogP contribution in [0.1, 0.15) is 25.8 Å². The van der Waals surface area contributed by atoms with Crippen LogP contribution < -0.4 is 19.3 Å². The summed E-state index contributed by atoms with van der Waals surface area (Å²) in [5.74, 6) is 1.57. The molecule has 0 aliphatic carbocycles. The average Bonchev–Trinajstić information content (AvgIpc) is 2.44. The molecule has 0 bridgehead atoms. The van der Waals surface area contributed by atoms with E-state index in [1.807, 2.05) is 6.92 Å². The summed E-state index contributed by atoms with van der Waals surface area (Å²) in [4.78, 5) is 0. The van der Waals surface area contributed by atoms with Gasteiger partial charge in [-0.25, -0.2) is 0 Å². The third kappa shape index (κ3) is 3.85. The maximum Gasteiger partial charge on any atom is 0.132 e. The van der Waals surface area contributed by atoms with Gasteiger partial charge in [-0.1, -0.05) is 13.8 Å². The van der Waals surface area contributed by atoms with Crippen LogP contribution in [-0.2, 0) is 0 Å². The lowest BCUT2D eigenvalue weighted by atomic mass is 10.1. The Balaban J connectivity index is 3.35. The van der Waals surface area contributed by atoms with Crippen molar-refractivity contribution in [2.75, 3.05) is 21.3 Å². The van der Waals surface area contributed by atoms with Crippen LogP contribution in [-0.4, -0.2) is 32.5 Å². The second-order valence-electron chi connectivity index (χ2n) is 4.10. The molecular formula is C14H20O4P-. The van der Waals surface area contributed by atoms with Crippen molar-refractivity contribution in [1.82, 2.24) is 0 Å². The van der Waals surface area contributed by atoms with Crippen molar-refractivity contribution in [1.29, 1.82) is 0 Å². The lowest BCUT2D eigenvalue weighted by molar-refractivity contribution is -0.207. The number of rotatable bonds is 6. The van der Waals surface area contributed by atoms with Gasteiger partial charge >= 0.3 is 0 Å². The Hall–Kier alpha value is -1.25. The monoisotopic (exact) mass is 283 g/mol. The molecule has 0 aromatic heterocycles. The lowest BCUT2D eigenvalue weighted by Gasteiger charge is -2.21. The van der Waals surface area contributed by atoms with Gasteiger partial charge < -0.3 is 19.3 Å². The summed E-state index contributed by atoms with van der Waals surface area (Å²) in [5, 5.41) is 12.4. The largest absolute Gasteiger partial charge is 0.823 e. The summed E-state index contributed by atoms with van der Waals surface area (Å²) >= 11 is 0. The molecule has 1 unspecified atom stereocenters. The molecule has 0 saturated carbocycles. The van der Waals surface area contributed by atoms with E-state index in [0.717, 1.165) is 14.6 Å². The van der Waals surface area contributed by atoms with Crippen LogP contribution in [0.25, 0.3) is 0 Å². The molecule has 106 valence electrons. The van der Waals surface area contributed by atoms with Crippen molar-refractivity contribution < 1.29 is 19.3 Å². The molecule has 1 atom stereocenters. The zero-order valence-electron chi connectivity index (χ0n) is 12.0. The minimum Gasteiger partial charge on any atom is -0.823 e. The van der Waals surface area contributed by atoms with Crippen molar-refractivity contribution in [3.63, 3.8) is 0 Å². The number of ether oxygens (including phenoxy) is 3. The van der Waals surface area contributed by atoms with Crippen molar-refractivity contribution >= 4 is 13.7 Å². The number of hydrogen-bond donors (Lipinski definition) is 0. The maximum absolute atomic E-state index is 12.4. The van der Waals surface area contributed by atoms with Gasteiger partial charge in [-0.2, -0.15) is 0 Å². The molecule has 1 rings (SSSR count). The first kappa shape index (κ1) is 15.8. The fourth-order valence-corrected chi connectivity index (χ4v) is 2.50. The van der Waals surface area contributed by atoms with E-state index >= 15 is 0 Å². The van der Waals surface area contributed by atoms with Crippen molar-refractivity contribution in [3.05, 3.63) is 17.7 Å². The lowest BCUT2D eigenvalue weighted by Crippen LogP contribution is -2.19. The molecule has 1 aromatic rings. The molecule has 0 spiro atoms. The fraction of sp³-hybridized carbons (Fsp3) is 0.500. The Labute approximate surface area is 116 Å². The molecule has 0 radical (unpaired) electrons. The van der Waals surface area contributed by atoms with Gasteiger partial charge in [0.2, 0.25) is 0 Å². The highest BCUT2D eigenvalue weighted by atomic mass is 31.1. The van der Waals surface area contributed by atoms with E-state index in [1.165, 1.54) is 14.2 Å². The van der Waals surface area contributed by atoms with Crippen LogP contribution in [0.4, 0.5) is 0 Å². The highest BCUT2D eigenvalue weighted by Gasteiger charge is 2.12. The zero-order chi connectivity index (χ0) is 14.4. The van der Waals surface area contributed by atoms with E-state index in [-0.39, 0.29) is 5.48 Å². The molecule has 4 nitrogen and oxygen atoms in total. The molecule has 0 N–H and O–H groups in total. The van der Waals surface area contributed by atoms with Crippen molar-refractivity contribution in [2.45, 2.75) is 25.9 Å². The maximum atomic E-state index is 12.4. The van der Waals surface area contributed by atoms with E-state index in [2.05, 4.69) is 6.92 Å². The second-order valence-corrected chi connectivity index (χ2v) is 5.64. The molecule has 0 aliphatic rings. The van der Waals surface area contributed by atoms with Crippen LogP contribution in [0.3, 0.4) is 0 Å². The predicted molar refractivity (Wildman–Crippen MR) is 76.9 cm³/mol. The van der Waals surface area contributed by atoms with Crippen molar-refractivity contribution in [3.8, 4) is 17.2 Å². The zero-order valence-corrected chi connectivity index (χ0v) is 12.9. The molecule has 0 heterocycles. The van der Waals surface area contributed by atoms with Crippen LogP contribution in [0.15, 0.2) is 12.1 Å². The third-order valence-electron chi connectivity index (χ3n) is 2.86. The SMILES string of the molecule is CCC(C)P=C([O-])c1c(OC)cc(OC)cc1OC. The topological polar surface area (TPSA) is 50.8 Å². The van der Waals surface area contributed by atoms with Gasteiger partial charge in [0.15, 0.2) is 0 Å². The Kier molecular flexibility index (Phi) is 6.13. The van der Waals surface area contributed by atoms with E-state index in [9.17, 15) is 5.11 Å². The molecule has 0 saturated heterocycles. The minimum absolute atomic E-state index is 0.00528. The summed E-state index contributed by atoms with van der Waals surface area (Å²) in [6, 6.07) is 3.39. The standard InChI is InChI=1S/C14H21O4P/c1-6-9(2)19-14(15)13-11(17-4)7-10(16-3)8-12(13)18-5/h7-9,15H,6H2,1-5H3/p-1. The smallest absolute Gasteiger partial charge is 0.132 e. The number of methoxy groups -OCH3 is 3. The molecule has 0 aliphatic heterocycles. The summed E-state index contributed by atoms with van der Waals surface area (Å²) < 4.78 is 15.7. The summed E-state index contributed by atoms with van der Waals surface area (Å²) in [7, 11) is 5.38. The van der Waals surface area contributed by atoms with Gasteiger partial charge in [0.1, 0.15) is 17.2 Å². The molecular weight excluding hydrogens is 263 g/mol. The fourth-order valence-electron chi connectivity index (χ4n) is 1.57. The second kappa shape index (κ2) is 7.37. The third-order valence-corrected chi connectivity index (χ3v) is 4.12. The first-order valence-electron chi connectivity index (χ1n) is 6.12. The number of hydrogen-bond acceptors (Lipinski definition) is 4. The van der Waals surface area contributed by atoms with Gasteiger partial charge in [-0.05, 0) is 12.1 Å². The first-order chi connectivity index (χ1) is 9.07. The Morgan fingerprint density at radius 1 is 1.16 bits per heavy atom. The van der Waals surface area contributed by atoms with Gasteiger partial charge in [0.05, 0.1) is 21.3 Å². The van der Waals surface area contributed by atoms with Gasteiger partial charge in [0.25, 0.3) is 0 Å². The molecule has 19 heavy (non-hydrogen) atoms. The Morgan fingerprint density at radius 3 is 2.05 bits per heavy atom. The van der Waals surface area contributed by atoms with Crippen LogP contribution in [0.2, 0.25) is 0 Å². The van der Waals surface area contributed by atoms with Gasteiger partial charge in [-0.15, -0.1) is 13.7 Å². The highest BCUT2D eigenvalue weighted by molar-refractivity contribution is 7.41. The quantitative estimate of drug-likeness (QED) is 0.752. The van der Waals surface area contributed by atoms with E-state index in [1.54, 1.807) is 19.2 Å². The van der Waals surface area contributed by atoms with E-state index in [4.69, 9.17) is 14.2 Å². The predicted octanol–water partition coefficient (Wildman–Crippen LogP) is 2.30.